The van der Waals surface area contributed by atoms with E-state index in [1.54, 1.807) is 23.9 Å². The van der Waals surface area contributed by atoms with Gasteiger partial charge in [0.05, 0.1) is 10.7 Å². The van der Waals surface area contributed by atoms with Gasteiger partial charge in [-0.3, -0.25) is 0 Å². The second-order valence-electron chi connectivity index (χ2n) is 3.14. The summed E-state index contributed by atoms with van der Waals surface area (Å²) < 4.78 is 0. The number of nitrogens with one attached hydrogen (secondary N) is 1. The summed E-state index contributed by atoms with van der Waals surface area (Å²) in [6.45, 7) is 11.6. The molecule has 1 aliphatic rings. The number of hydrogen-bond donors (Lipinski definition) is 1. The van der Waals surface area contributed by atoms with E-state index in [-0.39, 0.29) is 0 Å². The van der Waals surface area contributed by atoms with Gasteiger partial charge in [-0.05, 0) is 31.6 Å². The lowest BCUT2D eigenvalue weighted by molar-refractivity contribution is 1.07. The van der Waals surface area contributed by atoms with Crippen molar-refractivity contribution in [3.8, 4) is 0 Å². The van der Waals surface area contributed by atoms with E-state index in [2.05, 4.69) is 32.3 Å². The zero-order valence-corrected chi connectivity index (χ0v) is 9.45. The van der Waals surface area contributed by atoms with E-state index >= 15 is 0 Å². The van der Waals surface area contributed by atoms with Gasteiger partial charge >= 0.3 is 0 Å². The topological polar surface area (TPSA) is 12.0 Å². The van der Waals surface area contributed by atoms with Gasteiger partial charge in [-0.2, -0.15) is 0 Å². The van der Waals surface area contributed by atoms with Gasteiger partial charge in [-0.1, -0.05) is 37.1 Å². The molecule has 1 aliphatic heterocycles. The third kappa shape index (κ3) is 2.42. The summed E-state index contributed by atoms with van der Waals surface area (Å²) >= 11 is 1.73. The Labute approximate surface area is 90.0 Å². The molecule has 0 aromatic heterocycles. The first-order valence-electron chi connectivity index (χ1n) is 4.47. The Kier molecular flexibility index (Phi) is 3.84. The van der Waals surface area contributed by atoms with Crippen LogP contribution in [0.4, 0.5) is 0 Å². The van der Waals surface area contributed by atoms with Crippen molar-refractivity contribution >= 4 is 11.8 Å². The van der Waals surface area contributed by atoms with Crippen LogP contribution in [0.1, 0.15) is 13.8 Å². The molecule has 74 valence electrons. The summed E-state index contributed by atoms with van der Waals surface area (Å²) in [6.07, 6.45) is 7.56. The van der Waals surface area contributed by atoms with Gasteiger partial charge in [-0.15, -0.1) is 0 Å². The fraction of sp³-hybridized carbons (Fsp3) is 0.167. The second-order valence-corrected chi connectivity index (χ2v) is 4.19. The van der Waals surface area contributed by atoms with Crippen LogP contribution < -0.4 is 5.32 Å². The maximum Gasteiger partial charge on any atom is 0.0761 e. The summed E-state index contributed by atoms with van der Waals surface area (Å²) in [6, 6.07) is 0. The Hall–Kier alpha value is -1.15. The number of rotatable bonds is 2. The summed E-state index contributed by atoms with van der Waals surface area (Å²) in [7, 11) is 0. The van der Waals surface area contributed by atoms with Crippen LogP contribution in [-0.4, -0.2) is 0 Å². The summed E-state index contributed by atoms with van der Waals surface area (Å²) in [5, 5.41) is 4.54. The van der Waals surface area contributed by atoms with Gasteiger partial charge in [0.25, 0.3) is 0 Å². The maximum absolute atomic E-state index is 3.70. The molecular weight excluding hydrogens is 190 g/mol. The van der Waals surface area contributed by atoms with Crippen LogP contribution in [0.25, 0.3) is 0 Å². The predicted molar refractivity (Wildman–Crippen MR) is 65.7 cm³/mol. The first-order chi connectivity index (χ1) is 6.69. The third-order valence-corrected chi connectivity index (χ3v) is 3.02. The standard InChI is InChI=1S/C12H15NS/c1-5-7-10-11(8-6-2)14-12(13-10)9(3)4/h5-8,13H,1-2H2,3-4H3/b10-7+,11-8+. The van der Waals surface area contributed by atoms with Gasteiger partial charge in [0, 0.05) is 4.91 Å². The summed E-state index contributed by atoms with van der Waals surface area (Å²) in [5.41, 5.74) is 2.39. The van der Waals surface area contributed by atoms with E-state index < -0.39 is 0 Å². The van der Waals surface area contributed by atoms with Crippen LogP contribution in [0.3, 0.4) is 0 Å². The number of allylic oxidation sites excluding steroid dienone is 5. The van der Waals surface area contributed by atoms with E-state index in [1.165, 1.54) is 15.5 Å². The maximum atomic E-state index is 3.70. The van der Waals surface area contributed by atoms with E-state index in [9.17, 15) is 0 Å². The van der Waals surface area contributed by atoms with Gasteiger partial charge < -0.3 is 5.32 Å². The monoisotopic (exact) mass is 205 g/mol. The number of hydrogen-bond acceptors (Lipinski definition) is 2. The minimum absolute atomic E-state index is 1.10. The molecule has 1 nitrogen and oxygen atoms in total. The molecule has 0 unspecified atom stereocenters. The van der Waals surface area contributed by atoms with Crippen molar-refractivity contribution in [2.24, 2.45) is 0 Å². The van der Waals surface area contributed by atoms with E-state index in [1.807, 2.05) is 12.2 Å². The molecule has 1 N–H and O–H groups in total. The largest absolute Gasteiger partial charge is 0.349 e. The van der Waals surface area contributed by atoms with Crippen molar-refractivity contribution in [3.05, 3.63) is 58.7 Å². The van der Waals surface area contributed by atoms with Crippen LogP contribution >= 0.6 is 11.8 Å². The average molecular weight is 205 g/mol. The molecule has 1 saturated heterocycles. The summed E-state index contributed by atoms with van der Waals surface area (Å²) in [5.74, 6) is 0. The van der Waals surface area contributed by atoms with Crippen molar-refractivity contribution < 1.29 is 0 Å². The molecule has 0 atom stereocenters. The van der Waals surface area contributed by atoms with Gasteiger partial charge in [0.15, 0.2) is 0 Å². The minimum Gasteiger partial charge on any atom is -0.349 e. The quantitative estimate of drug-likeness (QED) is 0.737. The highest BCUT2D eigenvalue weighted by Gasteiger charge is 2.18. The van der Waals surface area contributed by atoms with E-state index in [0.29, 0.717) is 0 Å². The van der Waals surface area contributed by atoms with E-state index in [4.69, 9.17) is 0 Å². The van der Waals surface area contributed by atoms with Crippen molar-refractivity contribution in [2.45, 2.75) is 13.8 Å². The Morgan fingerprint density at radius 3 is 2.36 bits per heavy atom. The van der Waals surface area contributed by atoms with Gasteiger partial charge in [0.2, 0.25) is 0 Å². The lowest BCUT2D eigenvalue weighted by atomic mass is 10.3. The molecule has 0 amide bonds. The molecule has 0 aliphatic carbocycles. The normalized spacial score (nSPS) is 21.1. The molecule has 2 heteroatoms. The Bertz CT molecular complexity index is 313. The highest BCUT2D eigenvalue weighted by atomic mass is 32.2. The predicted octanol–water partition coefficient (Wildman–Crippen LogP) is 3.71. The first kappa shape index (κ1) is 10.9. The molecule has 1 fully saturated rings. The minimum atomic E-state index is 1.10. The Balaban J connectivity index is 3.03. The lowest BCUT2D eigenvalue weighted by Gasteiger charge is -1.98. The van der Waals surface area contributed by atoms with Crippen molar-refractivity contribution in [1.29, 1.82) is 0 Å². The average Bonchev–Trinajstić information content (AvgIpc) is 2.50. The fourth-order valence-corrected chi connectivity index (χ4v) is 2.05. The van der Waals surface area contributed by atoms with Crippen LogP contribution in [-0.2, 0) is 0 Å². The first-order valence-corrected chi connectivity index (χ1v) is 5.29. The van der Waals surface area contributed by atoms with Crippen LogP contribution in [0, 0.1) is 0 Å². The van der Waals surface area contributed by atoms with Crippen molar-refractivity contribution in [1.82, 2.24) is 5.32 Å². The molecule has 0 bridgehead atoms. The summed E-state index contributed by atoms with van der Waals surface area (Å²) in [4.78, 5) is 1.19. The van der Waals surface area contributed by atoms with E-state index in [0.717, 1.165) is 5.70 Å². The van der Waals surface area contributed by atoms with Crippen LogP contribution in [0.2, 0.25) is 0 Å². The molecule has 0 saturated carbocycles. The SMILES string of the molecule is C=C/C=C1/NC(=C(C)C)S/C1=C/C=C. The lowest BCUT2D eigenvalue weighted by Crippen LogP contribution is -2.03. The highest BCUT2D eigenvalue weighted by Crippen LogP contribution is 2.37. The third-order valence-electron chi connectivity index (χ3n) is 1.73. The molecule has 1 heterocycles. The Morgan fingerprint density at radius 2 is 1.86 bits per heavy atom. The molecule has 1 rings (SSSR count). The zero-order valence-electron chi connectivity index (χ0n) is 8.63. The highest BCUT2D eigenvalue weighted by molar-refractivity contribution is 8.07. The molecule has 14 heavy (non-hydrogen) atoms. The van der Waals surface area contributed by atoms with Crippen molar-refractivity contribution in [2.75, 3.05) is 0 Å². The second kappa shape index (κ2) is 4.91. The molecule has 0 aromatic rings. The fourth-order valence-electron chi connectivity index (χ4n) is 1.07. The Morgan fingerprint density at radius 1 is 1.21 bits per heavy atom. The number of thioether (sulfide) groups is 1. The van der Waals surface area contributed by atoms with Crippen molar-refractivity contribution in [3.63, 3.8) is 0 Å². The molecular formula is C12H15NS. The van der Waals surface area contributed by atoms with Crippen LogP contribution in [0.15, 0.2) is 58.7 Å². The molecule has 0 spiro atoms. The van der Waals surface area contributed by atoms with Crippen LogP contribution in [0.5, 0.6) is 0 Å². The van der Waals surface area contributed by atoms with Gasteiger partial charge in [0.1, 0.15) is 0 Å². The molecule has 0 aromatic carbocycles. The van der Waals surface area contributed by atoms with Gasteiger partial charge in [-0.25, -0.2) is 0 Å². The smallest absolute Gasteiger partial charge is 0.0761 e. The molecule has 0 radical (unpaired) electrons. The zero-order chi connectivity index (χ0) is 10.6.